The van der Waals surface area contributed by atoms with Crippen molar-refractivity contribution in [1.29, 1.82) is 0 Å². The number of amides is 1. The van der Waals surface area contributed by atoms with E-state index in [1.54, 1.807) is 0 Å². The van der Waals surface area contributed by atoms with Crippen molar-refractivity contribution in [3.63, 3.8) is 0 Å². The first-order valence-electron chi connectivity index (χ1n) is 9.11. The summed E-state index contributed by atoms with van der Waals surface area (Å²) in [5.41, 5.74) is 2.36. The number of hydrogen-bond acceptors (Lipinski definition) is 3. The normalized spacial score (nSPS) is 26.9. The Morgan fingerprint density at radius 3 is 2.43 bits per heavy atom. The Labute approximate surface area is 138 Å². The molecule has 0 bridgehead atoms. The second-order valence-corrected chi connectivity index (χ2v) is 7.36. The quantitative estimate of drug-likeness (QED) is 0.889. The molecular formula is C19H27N3O. The van der Waals surface area contributed by atoms with Crippen LogP contribution in [0.5, 0.6) is 0 Å². The highest BCUT2D eigenvalue weighted by atomic mass is 16.2. The van der Waals surface area contributed by atoms with Crippen LogP contribution in [-0.2, 0) is 17.6 Å². The molecule has 0 saturated carbocycles. The maximum atomic E-state index is 13.3. The summed E-state index contributed by atoms with van der Waals surface area (Å²) in [6, 6.07) is 8.90. The molecule has 0 unspecified atom stereocenters. The van der Waals surface area contributed by atoms with E-state index in [1.165, 1.54) is 30.4 Å². The molecule has 1 aromatic rings. The Balaban J connectivity index is 1.60. The number of nitrogens with zero attached hydrogens (tertiary/aromatic N) is 1. The van der Waals surface area contributed by atoms with Gasteiger partial charge >= 0.3 is 0 Å². The molecule has 23 heavy (non-hydrogen) atoms. The van der Waals surface area contributed by atoms with Crippen LogP contribution in [-0.4, -0.2) is 48.6 Å². The van der Waals surface area contributed by atoms with Crippen LogP contribution < -0.4 is 10.6 Å². The third-order valence-corrected chi connectivity index (χ3v) is 5.86. The first-order valence-corrected chi connectivity index (χ1v) is 9.11. The molecule has 1 atom stereocenters. The highest BCUT2D eigenvalue weighted by molar-refractivity contribution is 5.88. The van der Waals surface area contributed by atoms with Crippen molar-refractivity contribution >= 4 is 5.91 Å². The molecule has 124 valence electrons. The number of rotatable bonds is 3. The third-order valence-electron chi connectivity index (χ3n) is 5.86. The summed E-state index contributed by atoms with van der Waals surface area (Å²) in [5, 5.41) is 6.70. The van der Waals surface area contributed by atoms with Crippen molar-refractivity contribution in [3.05, 3.63) is 35.4 Å². The van der Waals surface area contributed by atoms with Gasteiger partial charge in [-0.1, -0.05) is 30.7 Å². The SMILES string of the molecule is O=C(N[C@H]1CCNC1)C1(N2CCCCC2)Cc2ccccc2C1. The van der Waals surface area contributed by atoms with E-state index in [9.17, 15) is 4.79 Å². The zero-order valence-corrected chi connectivity index (χ0v) is 13.8. The van der Waals surface area contributed by atoms with Crippen LogP contribution in [0.15, 0.2) is 24.3 Å². The van der Waals surface area contributed by atoms with Gasteiger partial charge in [0.15, 0.2) is 0 Å². The van der Waals surface area contributed by atoms with Gasteiger partial charge in [0.1, 0.15) is 5.54 Å². The number of piperidine rings is 1. The van der Waals surface area contributed by atoms with Crippen LogP contribution in [0, 0.1) is 0 Å². The van der Waals surface area contributed by atoms with Crippen molar-refractivity contribution in [2.75, 3.05) is 26.2 Å². The number of benzene rings is 1. The second-order valence-electron chi connectivity index (χ2n) is 7.36. The summed E-state index contributed by atoms with van der Waals surface area (Å²) in [6.45, 7) is 4.05. The predicted octanol–water partition coefficient (Wildman–Crippen LogP) is 1.49. The summed E-state index contributed by atoms with van der Waals surface area (Å²) in [6.07, 6.45) is 6.53. The highest BCUT2D eigenvalue weighted by Crippen LogP contribution is 2.36. The van der Waals surface area contributed by atoms with Gasteiger partial charge in [-0.05, 0) is 50.0 Å². The lowest BCUT2D eigenvalue weighted by Gasteiger charge is -2.42. The Bertz CT molecular complexity index is 549. The van der Waals surface area contributed by atoms with Gasteiger partial charge in [0.05, 0.1) is 0 Å². The smallest absolute Gasteiger partial charge is 0.241 e. The van der Waals surface area contributed by atoms with Crippen molar-refractivity contribution in [3.8, 4) is 0 Å². The highest BCUT2D eigenvalue weighted by Gasteiger charge is 2.48. The van der Waals surface area contributed by atoms with E-state index in [0.29, 0.717) is 6.04 Å². The molecule has 2 N–H and O–H groups in total. The molecule has 4 heteroatoms. The van der Waals surface area contributed by atoms with Crippen LogP contribution in [0.1, 0.15) is 36.8 Å². The maximum Gasteiger partial charge on any atom is 0.241 e. The monoisotopic (exact) mass is 313 g/mol. The van der Waals surface area contributed by atoms with E-state index < -0.39 is 0 Å². The Morgan fingerprint density at radius 1 is 1.13 bits per heavy atom. The summed E-state index contributed by atoms with van der Waals surface area (Å²) < 4.78 is 0. The number of hydrogen-bond donors (Lipinski definition) is 2. The molecule has 1 amide bonds. The van der Waals surface area contributed by atoms with Gasteiger partial charge in [-0.3, -0.25) is 9.69 Å². The molecule has 2 heterocycles. The number of carbonyl (C=O) groups excluding carboxylic acids is 1. The average molecular weight is 313 g/mol. The van der Waals surface area contributed by atoms with Crippen molar-refractivity contribution < 1.29 is 4.79 Å². The first-order chi connectivity index (χ1) is 11.3. The van der Waals surface area contributed by atoms with Gasteiger partial charge in [-0.15, -0.1) is 0 Å². The first kappa shape index (κ1) is 15.2. The van der Waals surface area contributed by atoms with Crippen molar-refractivity contribution in [1.82, 2.24) is 15.5 Å². The molecule has 4 nitrogen and oxygen atoms in total. The van der Waals surface area contributed by atoms with Crippen LogP contribution in [0.3, 0.4) is 0 Å². The van der Waals surface area contributed by atoms with Gasteiger partial charge in [0.25, 0.3) is 0 Å². The van der Waals surface area contributed by atoms with E-state index in [-0.39, 0.29) is 11.4 Å². The fraction of sp³-hybridized carbons (Fsp3) is 0.632. The molecule has 0 spiro atoms. The van der Waals surface area contributed by atoms with E-state index in [2.05, 4.69) is 39.8 Å². The Hall–Kier alpha value is -1.39. The number of carbonyl (C=O) groups is 1. The second kappa shape index (κ2) is 6.25. The molecule has 0 radical (unpaired) electrons. The van der Waals surface area contributed by atoms with E-state index in [0.717, 1.165) is 45.4 Å². The maximum absolute atomic E-state index is 13.3. The van der Waals surface area contributed by atoms with Crippen LogP contribution in [0.25, 0.3) is 0 Å². The Morgan fingerprint density at radius 2 is 1.83 bits per heavy atom. The molecule has 0 aromatic heterocycles. The topological polar surface area (TPSA) is 44.4 Å². The summed E-state index contributed by atoms with van der Waals surface area (Å²) in [4.78, 5) is 15.8. The lowest BCUT2D eigenvalue weighted by molar-refractivity contribution is -0.134. The van der Waals surface area contributed by atoms with Gasteiger partial charge < -0.3 is 10.6 Å². The molecule has 1 aliphatic carbocycles. The lowest BCUT2D eigenvalue weighted by Crippen LogP contribution is -2.62. The van der Waals surface area contributed by atoms with E-state index in [1.807, 2.05) is 0 Å². The summed E-state index contributed by atoms with van der Waals surface area (Å²) >= 11 is 0. The minimum atomic E-state index is -0.354. The summed E-state index contributed by atoms with van der Waals surface area (Å²) in [5.74, 6) is 0.254. The lowest BCUT2D eigenvalue weighted by atomic mass is 9.89. The molecule has 1 aromatic carbocycles. The zero-order valence-electron chi connectivity index (χ0n) is 13.8. The minimum Gasteiger partial charge on any atom is -0.350 e. The number of fused-ring (bicyclic) bond motifs is 1. The molecule has 2 saturated heterocycles. The van der Waals surface area contributed by atoms with Crippen molar-refractivity contribution in [2.45, 2.75) is 50.1 Å². The fourth-order valence-corrected chi connectivity index (χ4v) is 4.54. The van der Waals surface area contributed by atoms with Gasteiger partial charge in [0, 0.05) is 25.4 Å². The molecular weight excluding hydrogens is 286 g/mol. The molecule has 4 rings (SSSR count). The van der Waals surface area contributed by atoms with Crippen LogP contribution in [0.2, 0.25) is 0 Å². The molecule has 2 aliphatic heterocycles. The largest absolute Gasteiger partial charge is 0.350 e. The third kappa shape index (κ3) is 2.79. The standard InChI is InChI=1S/C19H27N3O/c23-18(21-17-8-9-20-14-17)19(22-10-4-1-5-11-22)12-15-6-2-3-7-16(15)13-19/h2-3,6-7,17,20H,1,4-5,8-14H2,(H,21,23)/t17-/m0/s1. The number of nitrogens with one attached hydrogen (secondary N) is 2. The van der Waals surface area contributed by atoms with Gasteiger partial charge in [-0.2, -0.15) is 0 Å². The zero-order chi connectivity index (χ0) is 15.7. The minimum absolute atomic E-state index is 0.254. The molecule has 3 aliphatic rings. The Kier molecular flexibility index (Phi) is 4.12. The van der Waals surface area contributed by atoms with E-state index >= 15 is 0 Å². The predicted molar refractivity (Wildman–Crippen MR) is 91.4 cm³/mol. The van der Waals surface area contributed by atoms with Crippen LogP contribution >= 0.6 is 0 Å². The number of likely N-dealkylation sites (tertiary alicyclic amines) is 1. The summed E-state index contributed by atoms with van der Waals surface area (Å²) in [7, 11) is 0. The van der Waals surface area contributed by atoms with Crippen LogP contribution in [0.4, 0.5) is 0 Å². The fourth-order valence-electron chi connectivity index (χ4n) is 4.54. The van der Waals surface area contributed by atoms with Gasteiger partial charge in [0.2, 0.25) is 5.91 Å². The average Bonchev–Trinajstić information content (AvgIpc) is 3.23. The van der Waals surface area contributed by atoms with Crippen molar-refractivity contribution in [2.24, 2.45) is 0 Å². The van der Waals surface area contributed by atoms with E-state index in [4.69, 9.17) is 0 Å². The van der Waals surface area contributed by atoms with Gasteiger partial charge in [-0.25, -0.2) is 0 Å². The molecule has 2 fully saturated rings.